The van der Waals surface area contributed by atoms with E-state index in [1.807, 2.05) is 4.90 Å². The summed E-state index contributed by atoms with van der Waals surface area (Å²) in [6.45, 7) is 5.07. The molecule has 1 rings (SSSR count). The van der Waals surface area contributed by atoms with Crippen molar-refractivity contribution < 1.29 is 9.59 Å². The van der Waals surface area contributed by atoms with Gasteiger partial charge in [-0.15, -0.1) is 0 Å². The maximum atomic E-state index is 11.9. The Balaban J connectivity index is 2.47. The number of rotatable bonds is 6. The van der Waals surface area contributed by atoms with Crippen molar-refractivity contribution in [1.29, 1.82) is 0 Å². The molecule has 1 amide bonds. The standard InChI is InChI=1S/C12H22N2O2S/c1-3-11(4-5-13)14-7-10(6-12(14)16)8-17-9(2)15/h10-11H,3-8,13H2,1-2H3. The fraction of sp³-hybridized carbons (Fsp3) is 0.833. The van der Waals surface area contributed by atoms with E-state index in [0.717, 1.165) is 25.1 Å². The molecule has 0 aromatic heterocycles. The van der Waals surface area contributed by atoms with E-state index < -0.39 is 0 Å². The molecule has 0 aromatic rings. The van der Waals surface area contributed by atoms with Crippen LogP contribution in [0.1, 0.15) is 33.1 Å². The number of amides is 1. The van der Waals surface area contributed by atoms with Gasteiger partial charge in [0.2, 0.25) is 5.91 Å². The van der Waals surface area contributed by atoms with Gasteiger partial charge in [-0.05, 0) is 25.3 Å². The largest absolute Gasteiger partial charge is 0.339 e. The molecule has 1 aliphatic heterocycles. The fourth-order valence-corrected chi connectivity index (χ4v) is 2.97. The summed E-state index contributed by atoms with van der Waals surface area (Å²) in [4.78, 5) is 24.8. The van der Waals surface area contributed by atoms with Crippen molar-refractivity contribution >= 4 is 22.8 Å². The van der Waals surface area contributed by atoms with Crippen molar-refractivity contribution in [2.24, 2.45) is 11.7 Å². The maximum absolute atomic E-state index is 11.9. The number of hydrogen-bond acceptors (Lipinski definition) is 4. The third-order valence-electron chi connectivity index (χ3n) is 3.17. The number of carbonyl (C=O) groups excluding carboxylic acids is 2. The third-order valence-corrected chi connectivity index (χ3v) is 4.22. The minimum absolute atomic E-state index is 0.130. The summed E-state index contributed by atoms with van der Waals surface area (Å²) < 4.78 is 0. The molecule has 0 spiro atoms. The SMILES string of the molecule is CCC(CCN)N1CC(CSC(C)=O)CC1=O. The first-order valence-electron chi connectivity index (χ1n) is 6.21. The van der Waals surface area contributed by atoms with Gasteiger partial charge in [-0.1, -0.05) is 18.7 Å². The number of thioether (sulfide) groups is 1. The van der Waals surface area contributed by atoms with Crippen molar-refractivity contribution in [3.63, 3.8) is 0 Å². The normalized spacial score (nSPS) is 21.9. The Morgan fingerprint density at radius 2 is 2.35 bits per heavy atom. The van der Waals surface area contributed by atoms with Gasteiger partial charge in [-0.3, -0.25) is 9.59 Å². The number of likely N-dealkylation sites (tertiary alicyclic amines) is 1. The monoisotopic (exact) mass is 258 g/mol. The molecular formula is C12H22N2O2S. The van der Waals surface area contributed by atoms with Crippen LogP contribution in [0.25, 0.3) is 0 Å². The highest BCUT2D eigenvalue weighted by molar-refractivity contribution is 8.13. The van der Waals surface area contributed by atoms with Crippen LogP contribution in [0.2, 0.25) is 0 Å². The van der Waals surface area contributed by atoms with Crippen LogP contribution in [0.4, 0.5) is 0 Å². The molecule has 98 valence electrons. The predicted octanol–water partition coefficient (Wildman–Crippen LogP) is 1.24. The predicted molar refractivity (Wildman–Crippen MR) is 70.7 cm³/mol. The van der Waals surface area contributed by atoms with Crippen molar-refractivity contribution in [3.8, 4) is 0 Å². The van der Waals surface area contributed by atoms with Gasteiger partial charge in [0.25, 0.3) is 0 Å². The highest BCUT2D eigenvalue weighted by Gasteiger charge is 2.33. The summed E-state index contributed by atoms with van der Waals surface area (Å²) in [7, 11) is 0. The maximum Gasteiger partial charge on any atom is 0.223 e. The number of carbonyl (C=O) groups is 2. The first kappa shape index (κ1) is 14.5. The molecule has 0 radical (unpaired) electrons. The molecule has 5 heteroatoms. The summed E-state index contributed by atoms with van der Waals surface area (Å²) in [5, 5.41) is 0.130. The van der Waals surface area contributed by atoms with Crippen LogP contribution in [0.5, 0.6) is 0 Å². The van der Waals surface area contributed by atoms with E-state index in [1.54, 1.807) is 6.92 Å². The van der Waals surface area contributed by atoms with Crippen molar-refractivity contribution in [2.75, 3.05) is 18.8 Å². The Bertz CT molecular complexity index is 284. The van der Waals surface area contributed by atoms with Crippen LogP contribution >= 0.6 is 11.8 Å². The Hall–Kier alpha value is -0.550. The Labute approximate surface area is 107 Å². The van der Waals surface area contributed by atoms with Gasteiger partial charge in [0.1, 0.15) is 0 Å². The molecule has 2 unspecified atom stereocenters. The van der Waals surface area contributed by atoms with Crippen LogP contribution < -0.4 is 5.73 Å². The highest BCUT2D eigenvalue weighted by Crippen LogP contribution is 2.25. The molecule has 0 aliphatic carbocycles. The fourth-order valence-electron chi connectivity index (χ4n) is 2.28. The molecule has 1 aliphatic rings. The van der Waals surface area contributed by atoms with E-state index in [1.165, 1.54) is 11.8 Å². The summed E-state index contributed by atoms with van der Waals surface area (Å²) in [5.41, 5.74) is 5.56. The second kappa shape index (κ2) is 7.01. The lowest BCUT2D eigenvalue weighted by Crippen LogP contribution is -2.37. The lowest BCUT2D eigenvalue weighted by molar-refractivity contribution is -0.129. The molecule has 0 aromatic carbocycles. The number of nitrogens with two attached hydrogens (primary N) is 1. The van der Waals surface area contributed by atoms with E-state index in [4.69, 9.17) is 5.73 Å². The van der Waals surface area contributed by atoms with Crippen LogP contribution in [0.15, 0.2) is 0 Å². The minimum Gasteiger partial charge on any atom is -0.339 e. The van der Waals surface area contributed by atoms with E-state index in [0.29, 0.717) is 18.9 Å². The smallest absolute Gasteiger partial charge is 0.223 e. The average Bonchev–Trinajstić information content (AvgIpc) is 2.65. The minimum atomic E-state index is 0.130. The van der Waals surface area contributed by atoms with E-state index in [-0.39, 0.29) is 17.1 Å². The summed E-state index contributed by atoms with van der Waals surface area (Å²) in [5.74, 6) is 1.30. The zero-order valence-electron chi connectivity index (χ0n) is 10.6. The van der Waals surface area contributed by atoms with Gasteiger partial charge in [0.15, 0.2) is 5.12 Å². The number of hydrogen-bond donors (Lipinski definition) is 1. The Morgan fingerprint density at radius 1 is 1.65 bits per heavy atom. The molecule has 4 nitrogen and oxygen atoms in total. The quantitative estimate of drug-likeness (QED) is 0.778. The summed E-state index contributed by atoms with van der Waals surface area (Å²) in [6.07, 6.45) is 2.41. The molecule has 2 atom stereocenters. The number of nitrogens with zero attached hydrogens (tertiary/aromatic N) is 1. The van der Waals surface area contributed by atoms with Gasteiger partial charge in [0.05, 0.1) is 0 Å². The topological polar surface area (TPSA) is 63.4 Å². The van der Waals surface area contributed by atoms with Gasteiger partial charge in [-0.25, -0.2) is 0 Å². The second-order valence-corrected chi connectivity index (χ2v) is 5.76. The van der Waals surface area contributed by atoms with Gasteiger partial charge < -0.3 is 10.6 Å². The van der Waals surface area contributed by atoms with Crippen molar-refractivity contribution in [3.05, 3.63) is 0 Å². The molecular weight excluding hydrogens is 236 g/mol. The van der Waals surface area contributed by atoms with E-state index >= 15 is 0 Å². The molecule has 1 heterocycles. The van der Waals surface area contributed by atoms with Gasteiger partial charge in [-0.2, -0.15) is 0 Å². The first-order valence-corrected chi connectivity index (χ1v) is 7.19. The third kappa shape index (κ3) is 4.32. The van der Waals surface area contributed by atoms with Gasteiger partial charge >= 0.3 is 0 Å². The van der Waals surface area contributed by atoms with Crippen LogP contribution in [-0.4, -0.2) is 40.8 Å². The second-order valence-electron chi connectivity index (χ2n) is 4.56. The Kier molecular flexibility index (Phi) is 5.98. The lowest BCUT2D eigenvalue weighted by Gasteiger charge is -2.26. The van der Waals surface area contributed by atoms with Crippen LogP contribution in [0, 0.1) is 5.92 Å². The van der Waals surface area contributed by atoms with Crippen molar-refractivity contribution in [2.45, 2.75) is 39.2 Å². The van der Waals surface area contributed by atoms with Crippen LogP contribution in [-0.2, 0) is 9.59 Å². The van der Waals surface area contributed by atoms with E-state index in [2.05, 4.69) is 6.92 Å². The lowest BCUT2D eigenvalue weighted by atomic mass is 10.1. The average molecular weight is 258 g/mol. The molecule has 0 bridgehead atoms. The zero-order valence-corrected chi connectivity index (χ0v) is 11.5. The molecule has 1 saturated heterocycles. The summed E-state index contributed by atoms with van der Waals surface area (Å²) in [6, 6.07) is 0.278. The van der Waals surface area contributed by atoms with E-state index in [9.17, 15) is 9.59 Å². The molecule has 1 fully saturated rings. The Morgan fingerprint density at radius 3 is 2.88 bits per heavy atom. The van der Waals surface area contributed by atoms with Crippen molar-refractivity contribution in [1.82, 2.24) is 4.90 Å². The molecule has 0 saturated carbocycles. The first-order chi connectivity index (χ1) is 8.08. The highest BCUT2D eigenvalue weighted by atomic mass is 32.2. The molecule has 2 N–H and O–H groups in total. The zero-order chi connectivity index (χ0) is 12.8. The molecule has 17 heavy (non-hydrogen) atoms. The van der Waals surface area contributed by atoms with Gasteiger partial charge in [0, 0.05) is 31.7 Å². The summed E-state index contributed by atoms with van der Waals surface area (Å²) >= 11 is 1.32. The van der Waals surface area contributed by atoms with Crippen LogP contribution in [0.3, 0.4) is 0 Å².